The number of pyridine rings is 1. The molecule has 2 aromatic heterocycles. The van der Waals surface area contributed by atoms with Gasteiger partial charge in [0, 0.05) is 25.0 Å². The van der Waals surface area contributed by atoms with Crippen LogP contribution >= 0.6 is 0 Å². The van der Waals surface area contributed by atoms with Gasteiger partial charge in [0.25, 0.3) is 0 Å². The van der Waals surface area contributed by atoms with Crippen molar-refractivity contribution in [1.29, 1.82) is 0 Å². The Morgan fingerprint density at radius 1 is 1.19 bits per heavy atom. The fourth-order valence-electron chi connectivity index (χ4n) is 4.37. The quantitative estimate of drug-likeness (QED) is 0.717. The summed E-state index contributed by atoms with van der Waals surface area (Å²) in [6, 6.07) is 9.14. The zero-order valence-electron chi connectivity index (χ0n) is 16.4. The molecule has 0 saturated carbocycles. The molecule has 1 aliphatic rings. The molecule has 5 nitrogen and oxygen atoms in total. The van der Waals surface area contributed by atoms with Gasteiger partial charge in [-0.25, -0.2) is 4.98 Å². The molecule has 0 amide bonds. The van der Waals surface area contributed by atoms with Crippen molar-refractivity contribution in [3.63, 3.8) is 0 Å². The molecule has 0 aliphatic carbocycles. The minimum atomic E-state index is 0.583. The second-order valence-electron chi connectivity index (χ2n) is 7.82. The van der Waals surface area contributed by atoms with E-state index >= 15 is 0 Å². The van der Waals surface area contributed by atoms with Gasteiger partial charge < -0.3 is 9.80 Å². The van der Waals surface area contributed by atoms with E-state index in [9.17, 15) is 0 Å². The lowest BCUT2D eigenvalue weighted by molar-refractivity contribution is 0.349. The van der Waals surface area contributed by atoms with Crippen LogP contribution in [-0.4, -0.2) is 52.9 Å². The van der Waals surface area contributed by atoms with Gasteiger partial charge in [-0.1, -0.05) is 18.2 Å². The van der Waals surface area contributed by atoms with Gasteiger partial charge in [-0.15, -0.1) is 0 Å². The summed E-state index contributed by atoms with van der Waals surface area (Å²) in [5.74, 6) is 0. The van der Waals surface area contributed by atoms with E-state index in [2.05, 4.69) is 60.2 Å². The number of para-hydroxylation sites is 1. The van der Waals surface area contributed by atoms with Crippen LogP contribution in [0.15, 0.2) is 24.3 Å². The largest absolute Gasteiger partial charge is 0.367 e. The first-order valence-electron chi connectivity index (χ1n) is 9.69. The van der Waals surface area contributed by atoms with Crippen LogP contribution in [-0.2, 0) is 7.05 Å². The van der Waals surface area contributed by atoms with Gasteiger partial charge in [0.15, 0.2) is 5.65 Å². The molecule has 26 heavy (non-hydrogen) atoms. The maximum absolute atomic E-state index is 4.92. The first-order chi connectivity index (χ1) is 12.6. The van der Waals surface area contributed by atoms with Crippen LogP contribution < -0.4 is 4.90 Å². The minimum absolute atomic E-state index is 0.583. The number of piperidine rings is 1. The zero-order valence-corrected chi connectivity index (χ0v) is 16.4. The lowest BCUT2D eigenvalue weighted by atomic mass is 9.96. The Bertz CT molecular complexity index is 927. The van der Waals surface area contributed by atoms with E-state index in [0.717, 1.165) is 29.9 Å². The first-order valence-corrected chi connectivity index (χ1v) is 9.69. The molecule has 138 valence electrons. The number of aryl methyl sites for hydroxylation is 2. The van der Waals surface area contributed by atoms with Gasteiger partial charge in [-0.2, -0.15) is 5.10 Å². The van der Waals surface area contributed by atoms with Crippen LogP contribution in [0.3, 0.4) is 0 Å². The van der Waals surface area contributed by atoms with Crippen LogP contribution in [0.2, 0.25) is 0 Å². The molecule has 0 N–H and O–H groups in total. The summed E-state index contributed by atoms with van der Waals surface area (Å²) in [5.41, 5.74) is 4.48. The van der Waals surface area contributed by atoms with Gasteiger partial charge in [0.1, 0.15) is 0 Å². The average molecular weight is 351 g/mol. The second kappa shape index (κ2) is 6.88. The minimum Gasteiger partial charge on any atom is -0.367 e. The summed E-state index contributed by atoms with van der Waals surface area (Å²) in [6.07, 6.45) is 5.05. The van der Waals surface area contributed by atoms with E-state index in [-0.39, 0.29) is 0 Å². The van der Waals surface area contributed by atoms with Crippen LogP contribution in [0.25, 0.3) is 21.9 Å². The topological polar surface area (TPSA) is 37.2 Å². The number of nitrogens with zero attached hydrogens (tertiary/aromatic N) is 5. The molecule has 4 rings (SSSR count). The third kappa shape index (κ3) is 2.94. The average Bonchev–Trinajstić information content (AvgIpc) is 2.92. The molecular formula is C21H29N5. The highest BCUT2D eigenvalue weighted by Crippen LogP contribution is 2.39. The van der Waals surface area contributed by atoms with Crippen molar-refractivity contribution in [3.05, 3.63) is 30.0 Å². The molecule has 1 fully saturated rings. The number of fused-ring (bicyclic) bond motifs is 2. The molecule has 1 aliphatic heterocycles. The molecule has 0 spiro atoms. The molecule has 1 saturated heterocycles. The van der Waals surface area contributed by atoms with Crippen LogP contribution in [0.5, 0.6) is 0 Å². The van der Waals surface area contributed by atoms with E-state index in [1.807, 2.05) is 11.7 Å². The van der Waals surface area contributed by atoms with Crippen molar-refractivity contribution in [2.45, 2.75) is 38.6 Å². The van der Waals surface area contributed by atoms with Crippen LogP contribution in [0.4, 0.5) is 5.69 Å². The third-order valence-electron chi connectivity index (χ3n) is 5.64. The Labute approximate surface area is 155 Å². The van der Waals surface area contributed by atoms with Crippen molar-refractivity contribution in [1.82, 2.24) is 19.7 Å². The summed E-state index contributed by atoms with van der Waals surface area (Å²) in [7, 11) is 6.33. The number of aromatic nitrogens is 3. The number of rotatable bonds is 4. The standard InChI is InChI=1S/C21H29N5/c1-15-19-20(26-13-8-7-9-16(26)12-14-24(2)3)17-10-5-6-11-18(17)22-21(19)25(4)23-15/h5-6,10-11,16H,7-9,12-14H2,1-4H3. The summed E-state index contributed by atoms with van der Waals surface area (Å²) < 4.78 is 1.93. The summed E-state index contributed by atoms with van der Waals surface area (Å²) in [6.45, 7) is 4.36. The fourth-order valence-corrected chi connectivity index (χ4v) is 4.37. The Morgan fingerprint density at radius 2 is 2.00 bits per heavy atom. The Balaban J connectivity index is 1.92. The molecule has 1 atom stereocenters. The summed E-state index contributed by atoms with van der Waals surface area (Å²) >= 11 is 0. The van der Waals surface area contributed by atoms with E-state index < -0.39 is 0 Å². The molecule has 1 unspecified atom stereocenters. The third-order valence-corrected chi connectivity index (χ3v) is 5.64. The van der Waals surface area contributed by atoms with E-state index in [0.29, 0.717) is 6.04 Å². The first kappa shape index (κ1) is 17.3. The van der Waals surface area contributed by atoms with Crippen molar-refractivity contribution in [2.24, 2.45) is 7.05 Å². The molecule has 0 radical (unpaired) electrons. The number of benzene rings is 1. The highest BCUT2D eigenvalue weighted by Gasteiger charge is 2.27. The lowest BCUT2D eigenvalue weighted by Crippen LogP contribution is -2.41. The van der Waals surface area contributed by atoms with Gasteiger partial charge in [0.2, 0.25) is 0 Å². The highest BCUT2D eigenvalue weighted by molar-refractivity contribution is 6.08. The maximum atomic E-state index is 4.92. The van der Waals surface area contributed by atoms with Crippen molar-refractivity contribution < 1.29 is 0 Å². The maximum Gasteiger partial charge on any atom is 0.160 e. The van der Waals surface area contributed by atoms with Gasteiger partial charge in [0.05, 0.1) is 22.3 Å². The fraction of sp³-hybridized carbons (Fsp3) is 0.524. The molecular weight excluding hydrogens is 322 g/mol. The Kier molecular flexibility index (Phi) is 4.57. The summed E-state index contributed by atoms with van der Waals surface area (Å²) in [5, 5.41) is 7.17. The van der Waals surface area contributed by atoms with Crippen LogP contribution in [0.1, 0.15) is 31.4 Å². The Hall–Kier alpha value is -2.14. The predicted molar refractivity (Wildman–Crippen MR) is 109 cm³/mol. The van der Waals surface area contributed by atoms with E-state index in [4.69, 9.17) is 4.98 Å². The zero-order chi connectivity index (χ0) is 18.3. The number of hydrogen-bond acceptors (Lipinski definition) is 4. The van der Waals surface area contributed by atoms with Gasteiger partial charge in [-0.05, 0) is 59.3 Å². The van der Waals surface area contributed by atoms with Crippen molar-refractivity contribution >= 4 is 27.6 Å². The summed E-state index contributed by atoms with van der Waals surface area (Å²) in [4.78, 5) is 9.87. The van der Waals surface area contributed by atoms with Crippen molar-refractivity contribution in [3.8, 4) is 0 Å². The number of hydrogen-bond donors (Lipinski definition) is 0. The van der Waals surface area contributed by atoms with Gasteiger partial charge >= 0.3 is 0 Å². The monoisotopic (exact) mass is 351 g/mol. The van der Waals surface area contributed by atoms with Gasteiger partial charge in [-0.3, -0.25) is 4.68 Å². The van der Waals surface area contributed by atoms with Crippen molar-refractivity contribution in [2.75, 3.05) is 32.1 Å². The van der Waals surface area contributed by atoms with E-state index in [1.165, 1.54) is 42.1 Å². The number of anilines is 1. The lowest BCUT2D eigenvalue weighted by Gasteiger charge is -2.39. The molecule has 3 heterocycles. The molecule has 5 heteroatoms. The molecule has 3 aromatic rings. The predicted octanol–water partition coefficient (Wildman–Crippen LogP) is 3.74. The molecule has 0 bridgehead atoms. The Morgan fingerprint density at radius 3 is 2.81 bits per heavy atom. The highest BCUT2D eigenvalue weighted by atomic mass is 15.3. The SMILES string of the molecule is Cc1nn(C)c2nc3ccccc3c(N3CCCCC3CCN(C)C)c12. The van der Waals surface area contributed by atoms with E-state index in [1.54, 1.807) is 0 Å². The normalized spacial score (nSPS) is 18.3. The molecule has 1 aromatic carbocycles. The smallest absolute Gasteiger partial charge is 0.160 e. The second-order valence-corrected chi connectivity index (χ2v) is 7.82. The van der Waals surface area contributed by atoms with Crippen LogP contribution in [0, 0.1) is 6.92 Å².